The lowest BCUT2D eigenvalue weighted by Crippen LogP contribution is -2.25. The summed E-state index contributed by atoms with van der Waals surface area (Å²) in [6.07, 6.45) is 0. The van der Waals surface area contributed by atoms with Crippen molar-refractivity contribution >= 4 is 23.3 Å². The number of Topliss-reactive ketones (excluding diaryl/α,β-unsaturated/α-hetero) is 1. The van der Waals surface area contributed by atoms with Crippen LogP contribution >= 0.6 is 0 Å². The zero-order chi connectivity index (χ0) is 18.0. The monoisotopic (exact) mass is 341 g/mol. The highest BCUT2D eigenvalue weighted by Crippen LogP contribution is 2.28. The summed E-state index contributed by atoms with van der Waals surface area (Å²) in [6, 6.07) is 9.08. The van der Waals surface area contributed by atoms with Gasteiger partial charge in [-0.1, -0.05) is 11.6 Å². The minimum Gasteiger partial charge on any atom is -0.507 e. The summed E-state index contributed by atoms with van der Waals surface area (Å²) in [5.74, 6) is -1.28. The standard InChI is InChI=1S/C18H15NO6/c1-10-2-4-14(20)12(6-10)18(23)25-8-15(21)11-3-5-16-13(7-11)19-17(22)9-24-16/h2-7,20H,8-9H2,1H3,(H,19,22). The van der Waals surface area contributed by atoms with Gasteiger partial charge in [0.2, 0.25) is 0 Å². The molecule has 0 fully saturated rings. The molecule has 0 aromatic heterocycles. The fourth-order valence-corrected chi connectivity index (χ4v) is 2.36. The number of fused-ring (bicyclic) bond motifs is 1. The molecule has 1 aliphatic rings. The maximum absolute atomic E-state index is 12.2. The molecule has 1 amide bonds. The predicted octanol–water partition coefficient (Wildman–Crippen LogP) is 2.07. The minimum absolute atomic E-state index is 0.00101. The van der Waals surface area contributed by atoms with Crippen LogP contribution in [0.1, 0.15) is 26.3 Å². The van der Waals surface area contributed by atoms with E-state index in [4.69, 9.17) is 9.47 Å². The van der Waals surface area contributed by atoms with Crippen molar-refractivity contribution in [1.29, 1.82) is 0 Å². The van der Waals surface area contributed by atoms with Gasteiger partial charge in [-0.15, -0.1) is 0 Å². The third-order valence-electron chi connectivity index (χ3n) is 3.64. The van der Waals surface area contributed by atoms with E-state index in [-0.39, 0.29) is 29.4 Å². The summed E-state index contributed by atoms with van der Waals surface area (Å²) in [5, 5.41) is 12.3. The van der Waals surface area contributed by atoms with Crippen LogP contribution in [-0.2, 0) is 9.53 Å². The second kappa shape index (κ2) is 6.64. The van der Waals surface area contributed by atoms with Crippen molar-refractivity contribution in [2.75, 3.05) is 18.5 Å². The third kappa shape index (κ3) is 3.60. The van der Waals surface area contributed by atoms with Crippen molar-refractivity contribution in [3.8, 4) is 11.5 Å². The van der Waals surface area contributed by atoms with Crippen molar-refractivity contribution in [1.82, 2.24) is 0 Å². The van der Waals surface area contributed by atoms with E-state index in [1.807, 2.05) is 0 Å². The molecule has 0 aliphatic carbocycles. The minimum atomic E-state index is -0.788. The summed E-state index contributed by atoms with van der Waals surface area (Å²) in [5.41, 5.74) is 1.44. The van der Waals surface area contributed by atoms with Crippen LogP contribution in [0.2, 0.25) is 0 Å². The Kier molecular flexibility index (Phi) is 4.38. The number of phenols is 1. The van der Waals surface area contributed by atoms with Crippen LogP contribution < -0.4 is 10.1 Å². The van der Waals surface area contributed by atoms with Crippen molar-refractivity contribution in [3.63, 3.8) is 0 Å². The third-order valence-corrected chi connectivity index (χ3v) is 3.64. The summed E-state index contributed by atoms with van der Waals surface area (Å²) < 4.78 is 10.2. The van der Waals surface area contributed by atoms with E-state index in [1.165, 1.54) is 24.3 Å². The number of anilines is 1. The molecule has 1 aliphatic heterocycles. The smallest absolute Gasteiger partial charge is 0.342 e. The number of nitrogens with one attached hydrogen (secondary N) is 1. The van der Waals surface area contributed by atoms with E-state index in [2.05, 4.69) is 5.32 Å². The first-order chi connectivity index (χ1) is 11.9. The fraction of sp³-hybridized carbons (Fsp3) is 0.167. The first kappa shape index (κ1) is 16.5. The zero-order valence-corrected chi connectivity index (χ0v) is 13.4. The quantitative estimate of drug-likeness (QED) is 0.652. The molecule has 0 unspecified atom stereocenters. The Morgan fingerprint density at radius 1 is 1.24 bits per heavy atom. The highest BCUT2D eigenvalue weighted by molar-refractivity contribution is 6.02. The number of carbonyl (C=O) groups excluding carboxylic acids is 3. The molecule has 25 heavy (non-hydrogen) atoms. The molecule has 2 N–H and O–H groups in total. The Morgan fingerprint density at radius 3 is 2.84 bits per heavy atom. The highest BCUT2D eigenvalue weighted by Gasteiger charge is 2.19. The van der Waals surface area contributed by atoms with Gasteiger partial charge in [0, 0.05) is 5.56 Å². The number of ether oxygens (including phenoxy) is 2. The van der Waals surface area contributed by atoms with Gasteiger partial charge in [-0.25, -0.2) is 4.79 Å². The van der Waals surface area contributed by atoms with Crippen molar-refractivity contribution < 1.29 is 29.0 Å². The maximum Gasteiger partial charge on any atom is 0.342 e. The van der Waals surface area contributed by atoms with E-state index < -0.39 is 18.4 Å². The summed E-state index contributed by atoms with van der Waals surface area (Å²) in [4.78, 5) is 35.5. The Hall–Kier alpha value is -3.35. The van der Waals surface area contributed by atoms with Crippen LogP contribution in [0.5, 0.6) is 11.5 Å². The molecule has 7 heteroatoms. The van der Waals surface area contributed by atoms with Gasteiger partial charge < -0.3 is 19.9 Å². The molecule has 1 heterocycles. The van der Waals surface area contributed by atoms with Crippen molar-refractivity contribution in [2.24, 2.45) is 0 Å². The molecule has 0 atom stereocenters. The number of hydrogen-bond donors (Lipinski definition) is 2. The maximum atomic E-state index is 12.2. The van der Waals surface area contributed by atoms with Gasteiger partial charge >= 0.3 is 5.97 Å². The van der Waals surface area contributed by atoms with Gasteiger partial charge in [0.25, 0.3) is 5.91 Å². The average Bonchev–Trinajstić information content (AvgIpc) is 2.60. The fourth-order valence-electron chi connectivity index (χ4n) is 2.36. The lowest BCUT2D eigenvalue weighted by atomic mass is 10.1. The topological polar surface area (TPSA) is 102 Å². The van der Waals surface area contributed by atoms with E-state index in [0.29, 0.717) is 11.4 Å². The number of amides is 1. The molecular weight excluding hydrogens is 326 g/mol. The number of esters is 1. The molecule has 0 saturated carbocycles. The number of aromatic hydroxyl groups is 1. The van der Waals surface area contributed by atoms with Gasteiger partial charge in [-0.3, -0.25) is 9.59 Å². The number of rotatable bonds is 4. The summed E-state index contributed by atoms with van der Waals surface area (Å²) in [6.45, 7) is 1.21. The first-order valence-electron chi connectivity index (χ1n) is 7.50. The predicted molar refractivity (Wildman–Crippen MR) is 88.0 cm³/mol. The molecule has 0 bridgehead atoms. The molecule has 0 spiro atoms. The molecule has 2 aromatic carbocycles. The molecular formula is C18H15NO6. The van der Waals surface area contributed by atoms with E-state index in [0.717, 1.165) is 5.56 Å². The van der Waals surface area contributed by atoms with E-state index in [9.17, 15) is 19.5 Å². The Balaban J connectivity index is 1.68. The van der Waals surface area contributed by atoms with Gasteiger partial charge in [0.1, 0.15) is 17.1 Å². The number of carbonyl (C=O) groups is 3. The van der Waals surface area contributed by atoms with Gasteiger partial charge in [0.05, 0.1) is 5.69 Å². The molecule has 7 nitrogen and oxygen atoms in total. The number of benzene rings is 2. The van der Waals surface area contributed by atoms with Crippen molar-refractivity contribution in [2.45, 2.75) is 6.92 Å². The normalized spacial score (nSPS) is 12.6. The van der Waals surface area contributed by atoms with Gasteiger partial charge in [0.15, 0.2) is 19.0 Å². The van der Waals surface area contributed by atoms with Crippen LogP contribution in [0.15, 0.2) is 36.4 Å². The number of phenolic OH excluding ortho intramolecular Hbond substituents is 1. The van der Waals surface area contributed by atoms with Crippen LogP contribution in [0.4, 0.5) is 5.69 Å². The number of ketones is 1. The first-order valence-corrected chi connectivity index (χ1v) is 7.50. The molecule has 128 valence electrons. The average molecular weight is 341 g/mol. The highest BCUT2D eigenvalue weighted by atomic mass is 16.5. The largest absolute Gasteiger partial charge is 0.507 e. The Labute approximate surface area is 143 Å². The van der Waals surface area contributed by atoms with Crippen LogP contribution in [0.3, 0.4) is 0 Å². The zero-order valence-electron chi connectivity index (χ0n) is 13.4. The van der Waals surface area contributed by atoms with Crippen LogP contribution in [0, 0.1) is 6.92 Å². The summed E-state index contributed by atoms with van der Waals surface area (Å²) >= 11 is 0. The summed E-state index contributed by atoms with van der Waals surface area (Å²) in [7, 11) is 0. The van der Waals surface area contributed by atoms with Crippen LogP contribution in [0.25, 0.3) is 0 Å². The van der Waals surface area contributed by atoms with Crippen molar-refractivity contribution in [3.05, 3.63) is 53.1 Å². The lowest BCUT2D eigenvalue weighted by molar-refractivity contribution is -0.118. The van der Waals surface area contributed by atoms with E-state index >= 15 is 0 Å². The van der Waals surface area contributed by atoms with Gasteiger partial charge in [-0.05, 0) is 37.3 Å². The molecule has 0 saturated heterocycles. The van der Waals surface area contributed by atoms with Crippen LogP contribution in [-0.4, -0.2) is 36.0 Å². The SMILES string of the molecule is Cc1ccc(O)c(C(=O)OCC(=O)c2ccc3c(c2)NC(=O)CO3)c1. The number of aryl methyl sites for hydroxylation is 1. The Bertz CT molecular complexity index is 874. The van der Waals surface area contributed by atoms with Gasteiger partial charge in [-0.2, -0.15) is 0 Å². The number of hydrogen-bond acceptors (Lipinski definition) is 6. The molecule has 3 rings (SSSR count). The lowest BCUT2D eigenvalue weighted by Gasteiger charge is -2.18. The second-order valence-electron chi connectivity index (χ2n) is 5.57. The molecule has 2 aromatic rings. The molecule has 0 radical (unpaired) electrons. The van der Waals surface area contributed by atoms with E-state index in [1.54, 1.807) is 19.1 Å². The Morgan fingerprint density at radius 2 is 2.04 bits per heavy atom. The second-order valence-corrected chi connectivity index (χ2v) is 5.57.